The van der Waals surface area contributed by atoms with Crippen LogP contribution in [0.25, 0.3) is 0 Å². The second kappa shape index (κ2) is 3.20. The van der Waals surface area contributed by atoms with E-state index in [9.17, 15) is 9.59 Å². The Balaban J connectivity index is 3.86. The molecule has 0 unspecified atom stereocenters. The Morgan fingerprint density at radius 2 is 2.20 bits per heavy atom. The van der Waals surface area contributed by atoms with Crippen LogP contribution in [-0.4, -0.2) is 24.0 Å². The summed E-state index contributed by atoms with van der Waals surface area (Å²) in [6.07, 6.45) is 0.491. The molecule has 10 heavy (non-hydrogen) atoms. The van der Waals surface area contributed by atoms with E-state index < -0.39 is 11.4 Å². The van der Waals surface area contributed by atoms with E-state index in [0.29, 0.717) is 6.41 Å². The van der Waals surface area contributed by atoms with E-state index in [1.54, 1.807) is 13.8 Å². The summed E-state index contributed by atoms with van der Waals surface area (Å²) in [4.78, 5) is 20.1. The molecule has 2 N–H and O–H groups in total. The van der Waals surface area contributed by atoms with Gasteiger partial charge >= 0.3 is 5.97 Å². The molecule has 0 aromatic rings. The van der Waals surface area contributed by atoms with Crippen LogP contribution >= 0.6 is 0 Å². The van der Waals surface area contributed by atoms with Gasteiger partial charge in [0.1, 0.15) is 0 Å². The molecule has 0 fully saturated rings. The third kappa shape index (κ3) is 2.48. The molecule has 0 saturated carbocycles. The standard InChI is InChI=1S/C6H11NO3/c1-6(2,5(9)10)3-7-4-8/h4H,3H2,1-2H3,(H,7,8)(H,9,10). The number of rotatable bonds is 4. The number of hydrogen-bond acceptors (Lipinski definition) is 2. The molecule has 0 radical (unpaired) electrons. The first-order valence-electron chi connectivity index (χ1n) is 2.91. The second-order valence-electron chi connectivity index (χ2n) is 2.69. The Morgan fingerprint density at radius 3 is 2.50 bits per heavy atom. The summed E-state index contributed by atoms with van der Waals surface area (Å²) in [5.41, 5.74) is -0.874. The zero-order chi connectivity index (χ0) is 8.20. The maximum Gasteiger partial charge on any atom is 0.310 e. The minimum Gasteiger partial charge on any atom is -0.481 e. The molecule has 0 saturated heterocycles. The van der Waals surface area contributed by atoms with Crippen LogP contribution in [-0.2, 0) is 9.59 Å². The molecule has 0 aliphatic carbocycles. The molecule has 4 nitrogen and oxygen atoms in total. The number of carbonyl (C=O) groups excluding carboxylic acids is 1. The molecule has 58 valence electrons. The average molecular weight is 145 g/mol. The van der Waals surface area contributed by atoms with Crippen molar-refractivity contribution in [1.82, 2.24) is 5.32 Å². The van der Waals surface area contributed by atoms with Crippen molar-refractivity contribution in [1.29, 1.82) is 0 Å². The molecular formula is C6H11NO3. The van der Waals surface area contributed by atoms with Gasteiger partial charge in [0.2, 0.25) is 6.41 Å². The third-order valence-electron chi connectivity index (χ3n) is 1.21. The van der Waals surface area contributed by atoms with Crippen LogP contribution in [0.1, 0.15) is 13.8 Å². The van der Waals surface area contributed by atoms with E-state index in [0.717, 1.165) is 0 Å². The quantitative estimate of drug-likeness (QED) is 0.540. The average Bonchev–Trinajstić information content (AvgIpc) is 1.84. The summed E-state index contributed by atoms with van der Waals surface area (Å²) in [6, 6.07) is 0. The number of carboxylic acid groups (broad SMARTS) is 1. The van der Waals surface area contributed by atoms with E-state index in [1.807, 2.05) is 0 Å². The first-order chi connectivity index (χ1) is 4.50. The van der Waals surface area contributed by atoms with Gasteiger partial charge < -0.3 is 10.4 Å². The highest BCUT2D eigenvalue weighted by molar-refractivity contribution is 5.74. The number of hydrogen-bond donors (Lipinski definition) is 2. The largest absolute Gasteiger partial charge is 0.481 e. The fourth-order valence-electron chi connectivity index (χ4n) is 0.372. The van der Waals surface area contributed by atoms with Crippen molar-refractivity contribution >= 4 is 12.4 Å². The van der Waals surface area contributed by atoms with Crippen molar-refractivity contribution in [3.8, 4) is 0 Å². The van der Waals surface area contributed by atoms with Gasteiger partial charge in [-0.2, -0.15) is 0 Å². The van der Waals surface area contributed by atoms with Crippen LogP contribution in [0.3, 0.4) is 0 Å². The molecule has 0 aliphatic rings. The number of carbonyl (C=O) groups is 2. The highest BCUT2D eigenvalue weighted by Crippen LogP contribution is 2.12. The van der Waals surface area contributed by atoms with Crippen LogP contribution in [0.4, 0.5) is 0 Å². The summed E-state index contributed by atoms with van der Waals surface area (Å²) >= 11 is 0. The van der Waals surface area contributed by atoms with Crippen molar-refractivity contribution in [2.75, 3.05) is 6.54 Å². The predicted molar refractivity (Wildman–Crippen MR) is 35.5 cm³/mol. The number of aliphatic carboxylic acids is 1. The minimum atomic E-state index is -0.915. The number of nitrogens with one attached hydrogen (secondary N) is 1. The number of amides is 1. The Labute approximate surface area is 59.2 Å². The molecule has 0 aromatic heterocycles. The molecule has 0 rings (SSSR count). The highest BCUT2D eigenvalue weighted by Gasteiger charge is 2.26. The van der Waals surface area contributed by atoms with Gasteiger partial charge in [0, 0.05) is 6.54 Å². The van der Waals surface area contributed by atoms with Crippen molar-refractivity contribution in [3.63, 3.8) is 0 Å². The Kier molecular flexibility index (Phi) is 2.86. The summed E-state index contributed by atoms with van der Waals surface area (Å²) in [7, 11) is 0. The van der Waals surface area contributed by atoms with Crippen LogP contribution in [0.2, 0.25) is 0 Å². The lowest BCUT2D eigenvalue weighted by Crippen LogP contribution is -2.35. The SMILES string of the molecule is CC(C)(CNC=O)C(=O)O. The van der Waals surface area contributed by atoms with Crippen LogP contribution in [0, 0.1) is 5.41 Å². The molecule has 0 atom stereocenters. The van der Waals surface area contributed by atoms with Crippen molar-refractivity contribution < 1.29 is 14.7 Å². The van der Waals surface area contributed by atoms with Crippen LogP contribution < -0.4 is 5.32 Å². The van der Waals surface area contributed by atoms with Crippen LogP contribution in [0.5, 0.6) is 0 Å². The maximum absolute atomic E-state index is 10.4. The van der Waals surface area contributed by atoms with Gasteiger partial charge in [-0.15, -0.1) is 0 Å². The van der Waals surface area contributed by atoms with Gasteiger partial charge in [-0.25, -0.2) is 0 Å². The Bertz CT molecular complexity index is 142. The molecule has 0 aromatic carbocycles. The van der Waals surface area contributed by atoms with Gasteiger partial charge in [-0.3, -0.25) is 9.59 Å². The van der Waals surface area contributed by atoms with E-state index in [-0.39, 0.29) is 6.54 Å². The van der Waals surface area contributed by atoms with E-state index in [4.69, 9.17) is 5.11 Å². The maximum atomic E-state index is 10.4. The fourth-order valence-corrected chi connectivity index (χ4v) is 0.372. The molecule has 0 bridgehead atoms. The summed E-state index contributed by atoms with van der Waals surface area (Å²) < 4.78 is 0. The van der Waals surface area contributed by atoms with Gasteiger partial charge in [0.05, 0.1) is 5.41 Å². The smallest absolute Gasteiger partial charge is 0.310 e. The zero-order valence-electron chi connectivity index (χ0n) is 6.05. The molecule has 1 amide bonds. The molecule has 0 heterocycles. The highest BCUT2D eigenvalue weighted by atomic mass is 16.4. The van der Waals surface area contributed by atoms with Gasteiger partial charge in [0.25, 0.3) is 0 Å². The van der Waals surface area contributed by atoms with Gasteiger partial charge in [-0.1, -0.05) is 0 Å². The molecular weight excluding hydrogens is 134 g/mol. The van der Waals surface area contributed by atoms with E-state index in [1.165, 1.54) is 0 Å². The molecule has 0 spiro atoms. The topological polar surface area (TPSA) is 66.4 Å². The summed E-state index contributed by atoms with van der Waals surface area (Å²) in [6.45, 7) is 3.25. The summed E-state index contributed by atoms with van der Waals surface area (Å²) in [5, 5.41) is 10.8. The lowest BCUT2D eigenvalue weighted by molar-refractivity contribution is -0.146. The molecule has 4 heteroatoms. The van der Waals surface area contributed by atoms with Crippen molar-refractivity contribution in [3.05, 3.63) is 0 Å². The Hall–Kier alpha value is -1.06. The normalized spacial score (nSPS) is 10.6. The lowest BCUT2D eigenvalue weighted by atomic mass is 9.94. The van der Waals surface area contributed by atoms with E-state index >= 15 is 0 Å². The zero-order valence-corrected chi connectivity index (χ0v) is 6.05. The van der Waals surface area contributed by atoms with Crippen LogP contribution in [0.15, 0.2) is 0 Å². The number of carboxylic acids is 1. The lowest BCUT2D eigenvalue weighted by Gasteiger charge is -2.17. The monoisotopic (exact) mass is 145 g/mol. The van der Waals surface area contributed by atoms with Crippen molar-refractivity contribution in [2.24, 2.45) is 5.41 Å². The summed E-state index contributed by atoms with van der Waals surface area (Å²) in [5.74, 6) is -0.915. The first-order valence-corrected chi connectivity index (χ1v) is 2.91. The predicted octanol–water partition coefficient (Wildman–Crippen LogP) is -0.157. The molecule has 0 aliphatic heterocycles. The Morgan fingerprint density at radius 1 is 1.70 bits per heavy atom. The van der Waals surface area contributed by atoms with E-state index in [2.05, 4.69) is 5.32 Å². The minimum absolute atomic E-state index is 0.159. The fraction of sp³-hybridized carbons (Fsp3) is 0.667. The van der Waals surface area contributed by atoms with Gasteiger partial charge in [-0.05, 0) is 13.8 Å². The van der Waals surface area contributed by atoms with Crippen molar-refractivity contribution in [2.45, 2.75) is 13.8 Å². The third-order valence-corrected chi connectivity index (χ3v) is 1.21. The first kappa shape index (κ1) is 8.94. The van der Waals surface area contributed by atoms with Gasteiger partial charge in [0.15, 0.2) is 0 Å². The second-order valence-corrected chi connectivity index (χ2v) is 2.69.